The highest BCUT2D eigenvalue weighted by atomic mass is 16.5. The van der Waals surface area contributed by atoms with Crippen molar-refractivity contribution < 1.29 is 28.7 Å². The maximum absolute atomic E-state index is 12.7. The number of amides is 4. The monoisotopic (exact) mass is 768 g/mol. The first kappa shape index (κ1) is 38.6. The number of carbonyl (C=O) groups is 4. The Balaban J connectivity index is 0.000000177. The van der Waals surface area contributed by atoms with E-state index in [9.17, 15) is 19.2 Å². The number of nitrogens with one attached hydrogen (secondary N) is 2. The number of anilines is 2. The van der Waals surface area contributed by atoms with E-state index in [1.807, 2.05) is 135 Å². The molecule has 6 aromatic rings. The van der Waals surface area contributed by atoms with Crippen LogP contribution >= 0.6 is 0 Å². The Bertz CT molecular complexity index is 2360. The van der Waals surface area contributed by atoms with Crippen molar-refractivity contribution in [2.75, 3.05) is 10.0 Å². The Labute approximate surface area is 336 Å². The Morgan fingerprint density at radius 1 is 0.466 bits per heavy atom. The molecule has 0 saturated carbocycles. The van der Waals surface area contributed by atoms with Crippen molar-refractivity contribution >= 4 is 47.2 Å². The quantitative estimate of drug-likeness (QED) is 0.108. The Morgan fingerprint density at radius 3 is 1.26 bits per heavy atom. The van der Waals surface area contributed by atoms with E-state index in [1.165, 1.54) is 21.1 Å². The van der Waals surface area contributed by atoms with Crippen LogP contribution in [0.1, 0.15) is 33.4 Å². The van der Waals surface area contributed by atoms with E-state index >= 15 is 0 Å². The number of aryl methyl sites for hydroxylation is 2. The molecule has 58 heavy (non-hydrogen) atoms. The lowest BCUT2D eigenvalue weighted by molar-refractivity contribution is -0.118. The summed E-state index contributed by atoms with van der Waals surface area (Å²) in [6, 6.07) is 48.9. The van der Waals surface area contributed by atoms with Crippen LogP contribution in [-0.2, 0) is 32.4 Å². The van der Waals surface area contributed by atoms with E-state index in [1.54, 1.807) is 36.4 Å². The number of ether oxygens (including phenoxy) is 2. The van der Waals surface area contributed by atoms with Crippen LogP contribution in [0.2, 0.25) is 0 Å². The van der Waals surface area contributed by atoms with Crippen molar-refractivity contribution in [1.29, 1.82) is 0 Å². The molecule has 0 atom stereocenters. The van der Waals surface area contributed by atoms with Crippen molar-refractivity contribution in [2.24, 2.45) is 0 Å². The van der Waals surface area contributed by atoms with E-state index < -0.39 is 11.8 Å². The molecular weight excluding hydrogens is 729 g/mol. The summed E-state index contributed by atoms with van der Waals surface area (Å²) in [6.07, 6.45) is 3.17. The van der Waals surface area contributed by atoms with Crippen molar-refractivity contribution in [3.8, 4) is 11.5 Å². The molecule has 10 heteroatoms. The smallest absolute Gasteiger partial charge is 0.282 e. The molecular formula is C48H40N4O6. The summed E-state index contributed by atoms with van der Waals surface area (Å²) < 4.78 is 11.7. The molecule has 0 spiro atoms. The number of hydrogen-bond donors (Lipinski definition) is 2. The molecule has 8 rings (SSSR count). The number of nitrogens with zero attached hydrogens (tertiary/aromatic N) is 2. The summed E-state index contributed by atoms with van der Waals surface area (Å²) >= 11 is 0. The van der Waals surface area contributed by atoms with Gasteiger partial charge in [-0.25, -0.2) is 10.0 Å². The summed E-state index contributed by atoms with van der Waals surface area (Å²) in [5.74, 6) is -0.271. The fourth-order valence-corrected chi connectivity index (χ4v) is 6.29. The molecule has 288 valence electrons. The van der Waals surface area contributed by atoms with Gasteiger partial charge in [-0.15, -0.1) is 0 Å². The molecule has 0 radical (unpaired) electrons. The standard InChI is InChI=1S/2C24H20N2O3/c2*1-17-7-5-9-19(13-17)16-29-21-12-6-8-18(14-21)15-22-23(27)25-26(24(22)28)20-10-3-2-4-11-20/h2*2-15H,16H2,1H3,(H,25,27)/b2*22-15+. The van der Waals surface area contributed by atoms with E-state index in [4.69, 9.17) is 9.47 Å². The fraction of sp³-hybridized carbons (Fsp3) is 0.0833. The first-order valence-corrected chi connectivity index (χ1v) is 18.6. The average molecular weight is 769 g/mol. The lowest BCUT2D eigenvalue weighted by atomic mass is 10.1. The maximum atomic E-state index is 12.7. The maximum Gasteiger partial charge on any atom is 0.282 e. The third-order valence-electron chi connectivity index (χ3n) is 9.13. The second kappa shape index (κ2) is 17.8. The second-order valence-electron chi connectivity index (χ2n) is 13.7. The molecule has 2 fully saturated rings. The van der Waals surface area contributed by atoms with Gasteiger partial charge in [-0.3, -0.25) is 30.0 Å². The molecule has 0 aliphatic carbocycles. The summed E-state index contributed by atoms with van der Waals surface area (Å²) in [5.41, 5.74) is 12.6. The Hall–Kier alpha value is -7.72. The number of hydrazine groups is 2. The zero-order valence-corrected chi connectivity index (χ0v) is 31.9. The first-order chi connectivity index (χ1) is 28.2. The number of hydrogen-bond acceptors (Lipinski definition) is 6. The summed E-state index contributed by atoms with van der Waals surface area (Å²) in [7, 11) is 0. The molecule has 0 unspecified atom stereocenters. The van der Waals surface area contributed by atoms with E-state index in [0.717, 1.165) is 22.3 Å². The van der Waals surface area contributed by atoms with Crippen LogP contribution in [0.15, 0.2) is 169 Å². The predicted octanol–water partition coefficient (Wildman–Crippen LogP) is 8.07. The average Bonchev–Trinajstić information content (AvgIpc) is 3.68. The minimum Gasteiger partial charge on any atom is -0.489 e. The van der Waals surface area contributed by atoms with Gasteiger partial charge in [-0.05, 0) is 96.8 Å². The predicted molar refractivity (Wildman–Crippen MR) is 224 cm³/mol. The third-order valence-corrected chi connectivity index (χ3v) is 9.13. The number of para-hydroxylation sites is 2. The highest BCUT2D eigenvalue weighted by Crippen LogP contribution is 2.25. The molecule has 0 bridgehead atoms. The first-order valence-electron chi connectivity index (χ1n) is 18.6. The molecule has 4 amide bonds. The van der Waals surface area contributed by atoms with Gasteiger partial charge in [0.1, 0.15) is 35.9 Å². The normalized spacial score (nSPS) is 14.9. The molecule has 10 nitrogen and oxygen atoms in total. The topological polar surface area (TPSA) is 117 Å². The van der Waals surface area contributed by atoms with E-state index in [0.29, 0.717) is 36.1 Å². The lowest BCUT2D eigenvalue weighted by Crippen LogP contribution is -2.35. The van der Waals surface area contributed by atoms with E-state index in [2.05, 4.69) is 23.0 Å². The fourth-order valence-electron chi connectivity index (χ4n) is 6.29. The Kier molecular flexibility index (Phi) is 11.8. The van der Waals surface area contributed by atoms with Crippen molar-refractivity contribution in [2.45, 2.75) is 27.1 Å². The van der Waals surface area contributed by atoms with Gasteiger partial charge >= 0.3 is 0 Å². The zero-order chi connectivity index (χ0) is 40.4. The van der Waals surface area contributed by atoms with Gasteiger partial charge in [0.2, 0.25) is 0 Å². The summed E-state index contributed by atoms with van der Waals surface area (Å²) in [4.78, 5) is 50.0. The van der Waals surface area contributed by atoms with Crippen LogP contribution in [0.5, 0.6) is 11.5 Å². The highest BCUT2D eigenvalue weighted by Gasteiger charge is 2.35. The van der Waals surface area contributed by atoms with Crippen LogP contribution in [0.4, 0.5) is 11.4 Å². The minimum absolute atomic E-state index is 0.0877. The van der Waals surface area contributed by atoms with Gasteiger partial charge in [0.25, 0.3) is 23.6 Å². The largest absolute Gasteiger partial charge is 0.489 e. The van der Waals surface area contributed by atoms with Crippen LogP contribution < -0.4 is 30.3 Å². The van der Waals surface area contributed by atoms with Gasteiger partial charge in [0.15, 0.2) is 0 Å². The number of benzene rings is 6. The molecule has 2 aliphatic rings. The van der Waals surface area contributed by atoms with Crippen LogP contribution in [0.3, 0.4) is 0 Å². The van der Waals surface area contributed by atoms with Crippen molar-refractivity contribution in [3.63, 3.8) is 0 Å². The third kappa shape index (κ3) is 9.55. The number of rotatable bonds is 10. The second-order valence-corrected chi connectivity index (χ2v) is 13.7. The minimum atomic E-state index is -0.426. The molecule has 0 aromatic heterocycles. The molecule has 2 N–H and O–H groups in total. The Morgan fingerprint density at radius 2 is 0.862 bits per heavy atom. The summed E-state index contributed by atoms with van der Waals surface area (Å²) in [5, 5.41) is 2.51. The van der Waals surface area contributed by atoms with Gasteiger partial charge in [0, 0.05) is 0 Å². The van der Waals surface area contributed by atoms with Crippen LogP contribution in [0, 0.1) is 13.8 Å². The van der Waals surface area contributed by atoms with E-state index in [-0.39, 0.29) is 23.0 Å². The molecule has 2 saturated heterocycles. The lowest BCUT2D eigenvalue weighted by Gasteiger charge is -2.13. The molecule has 2 heterocycles. The zero-order valence-electron chi connectivity index (χ0n) is 31.9. The van der Waals surface area contributed by atoms with Crippen LogP contribution in [0.25, 0.3) is 12.2 Å². The van der Waals surface area contributed by atoms with Crippen LogP contribution in [-0.4, -0.2) is 23.6 Å². The molecule has 6 aromatic carbocycles. The van der Waals surface area contributed by atoms with Gasteiger partial charge in [-0.1, -0.05) is 120 Å². The summed E-state index contributed by atoms with van der Waals surface area (Å²) in [6.45, 7) is 4.98. The van der Waals surface area contributed by atoms with Gasteiger partial charge in [0.05, 0.1) is 11.4 Å². The van der Waals surface area contributed by atoms with Crippen molar-refractivity contribution in [1.82, 2.24) is 10.9 Å². The number of carbonyl (C=O) groups excluding carboxylic acids is 4. The SMILES string of the molecule is Cc1cccc(COc2cccc(/C=C3\C(=O)NN(c4ccccc4)C3=O)c2)c1.Cc1cccc(COc2cccc(/C=C3\C(=O)NN(c4ccccc4)C3=O)c2)c1. The molecule has 2 aliphatic heterocycles. The highest BCUT2D eigenvalue weighted by molar-refractivity contribution is 6.32. The van der Waals surface area contributed by atoms with Crippen molar-refractivity contribution in [3.05, 3.63) is 202 Å². The van der Waals surface area contributed by atoms with Gasteiger partial charge in [-0.2, -0.15) is 0 Å². The van der Waals surface area contributed by atoms with Gasteiger partial charge < -0.3 is 9.47 Å².